The molecule has 1 N–H and O–H groups in total. The van der Waals surface area contributed by atoms with Gasteiger partial charge in [0.15, 0.2) is 0 Å². The van der Waals surface area contributed by atoms with Crippen molar-refractivity contribution in [3.05, 3.63) is 34.9 Å². The first-order valence-corrected chi connectivity index (χ1v) is 6.02. The lowest BCUT2D eigenvalue weighted by Gasteiger charge is -2.22. The molecule has 0 radical (unpaired) electrons. The number of halogens is 1. The van der Waals surface area contributed by atoms with Gasteiger partial charge in [-0.15, -0.1) is 0 Å². The summed E-state index contributed by atoms with van der Waals surface area (Å²) in [6.45, 7) is 3.88. The molecular weight excluding hydrogens is 236 g/mol. The summed E-state index contributed by atoms with van der Waals surface area (Å²) in [4.78, 5) is 13.3. The van der Waals surface area contributed by atoms with Crippen LogP contribution in [-0.4, -0.2) is 30.9 Å². The Hall–Kier alpha value is -1.06. The van der Waals surface area contributed by atoms with E-state index in [2.05, 4.69) is 5.32 Å². The van der Waals surface area contributed by atoms with Gasteiger partial charge in [-0.1, -0.05) is 23.7 Å². The second kappa shape index (κ2) is 6.03. The topological polar surface area (TPSA) is 32.3 Å². The molecular formula is C13H19ClN2O. The van der Waals surface area contributed by atoms with Crippen LogP contribution in [0.15, 0.2) is 24.3 Å². The van der Waals surface area contributed by atoms with Crippen LogP contribution in [0.2, 0.25) is 5.02 Å². The van der Waals surface area contributed by atoms with Crippen molar-refractivity contribution < 1.29 is 4.79 Å². The molecule has 2 unspecified atom stereocenters. The number of nitrogens with one attached hydrogen (secondary N) is 1. The highest BCUT2D eigenvalue weighted by Gasteiger charge is 2.17. The molecule has 1 aromatic rings. The lowest BCUT2D eigenvalue weighted by molar-refractivity contribution is -0.130. The van der Waals surface area contributed by atoms with Crippen molar-refractivity contribution in [2.75, 3.05) is 14.1 Å². The van der Waals surface area contributed by atoms with Gasteiger partial charge in [-0.05, 0) is 31.5 Å². The van der Waals surface area contributed by atoms with Crippen LogP contribution in [-0.2, 0) is 4.79 Å². The molecule has 0 saturated carbocycles. The van der Waals surface area contributed by atoms with E-state index in [1.54, 1.807) is 19.0 Å². The number of carbonyl (C=O) groups excluding carboxylic acids is 1. The molecule has 3 nitrogen and oxygen atoms in total. The summed E-state index contributed by atoms with van der Waals surface area (Å²) in [7, 11) is 3.51. The third-order valence-corrected chi connectivity index (χ3v) is 2.89. The van der Waals surface area contributed by atoms with E-state index in [0.29, 0.717) is 5.02 Å². The van der Waals surface area contributed by atoms with Gasteiger partial charge in [0.2, 0.25) is 5.91 Å². The summed E-state index contributed by atoms with van der Waals surface area (Å²) >= 11 is 5.94. The van der Waals surface area contributed by atoms with Crippen LogP contribution >= 0.6 is 11.6 Å². The molecule has 4 heteroatoms. The maximum Gasteiger partial charge on any atom is 0.238 e. The Morgan fingerprint density at radius 3 is 2.53 bits per heavy atom. The summed E-state index contributed by atoms with van der Waals surface area (Å²) in [5, 5.41) is 3.97. The van der Waals surface area contributed by atoms with E-state index in [-0.39, 0.29) is 18.0 Å². The number of hydrogen-bond donors (Lipinski definition) is 1. The fraction of sp³-hybridized carbons (Fsp3) is 0.462. The summed E-state index contributed by atoms with van der Waals surface area (Å²) in [5.41, 5.74) is 1.08. The fourth-order valence-electron chi connectivity index (χ4n) is 1.71. The average molecular weight is 255 g/mol. The number of hydrogen-bond acceptors (Lipinski definition) is 2. The van der Waals surface area contributed by atoms with Gasteiger partial charge >= 0.3 is 0 Å². The van der Waals surface area contributed by atoms with Crippen molar-refractivity contribution in [2.24, 2.45) is 0 Å². The van der Waals surface area contributed by atoms with Crippen LogP contribution in [0.1, 0.15) is 25.5 Å². The van der Waals surface area contributed by atoms with Crippen LogP contribution < -0.4 is 5.32 Å². The maximum atomic E-state index is 11.7. The predicted octanol–water partition coefficient (Wildman–Crippen LogP) is 2.47. The maximum absolute atomic E-state index is 11.7. The first kappa shape index (κ1) is 14.0. The summed E-state index contributed by atoms with van der Waals surface area (Å²) < 4.78 is 0. The van der Waals surface area contributed by atoms with Crippen LogP contribution in [0.4, 0.5) is 0 Å². The first-order valence-electron chi connectivity index (χ1n) is 5.64. The number of benzene rings is 1. The lowest BCUT2D eigenvalue weighted by Crippen LogP contribution is -2.42. The van der Waals surface area contributed by atoms with Crippen molar-refractivity contribution in [3.63, 3.8) is 0 Å². The molecule has 0 aliphatic rings. The number of amides is 1. The molecule has 0 aliphatic heterocycles. The molecule has 0 aliphatic carbocycles. The highest BCUT2D eigenvalue weighted by Crippen LogP contribution is 2.17. The molecule has 0 saturated heterocycles. The van der Waals surface area contributed by atoms with Gasteiger partial charge in [0.05, 0.1) is 6.04 Å². The molecule has 1 amide bonds. The molecule has 0 aromatic heterocycles. The lowest BCUT2D eigenvalue weighted by atomic mass is 10.1. The quantitative estimate of drug-likeness (QED) is 0.895. The Morgan fingerprint density at radius 2 is 2.00 bits per heavy atom. The first-order chi connectivity index (χ1) is 7.91. The summed E-state index contributed by atoms with van der Waals surface area (Å²) in [6.07, 6.45) is 0. The standard InChI is InChI=1S/C13H19ClN2O/c1-9(11-6-5-7-12(14)8-11)15-10(2)13(17)16(3)4/h5-10,15H,1-4H3. The van der Waals surface area contributed by atoms with Crippen molar-refractivity contribution in [3.8, 4) is 0 Å². The molecule has 0 heterocycles. The van der Waals surface area contributed by atoms with Gasteiger partial charge in [0.1, 0.15) is 0 Å². The zero-order valence-corrected chi connectivity index (χ0v) is 11.5. The predicted molar refractivity (Wildman–Crippen MR) is 71.2 cm³/mol. The smallest absolute Gasteiger partial charge is 0.238 e. The van der Waals surface area contributed by atoms with Gasteiger partial charge in [-0.2, -0.15) is 0 Å². The van der Waals surface area contributed by atoms with Gasteiger partial charge in [-0.3, -0.25) is 10.1 Å². The summed E-state index contributed by atoms with van der Waals surface area (Å²) in [5.74, 6) is 0.0684. The Morgan fingerprint density at radius 1 is 1.35 bits per heavy atom. The molecule has 2 atom stereocenters. The largest absolute Gasteiger partial charge is 0.347 e. The Kier molecular flexibility index (Phi) is 4.97. The monoisotopic (exact) mass is 254 g/mol. The van der Waals surface area contributed by atoms with E-state index in [1.807, 2.05) is 38.1 Å². The van der Waals surface area contributed by atoms with Gasteiger partial charge < -0.3 is 4.90 Å². The second-order valence-electron chi connectivity index (χ2n) is 4.40. The number of carbonyl (C=O) groups is 1. The van der Waals surface area contributed by atoms with Crippen molar-refractivity contribution in [1.29, 1.82) is 0 Å². The van der Waals surface area contributed by atoms with E-state index in [4.69, 9.17) is 11.6 Å². The fourth-order valence-corrected chi connectivity index (χ4v) is 1.90. The average Bonchev–Trinajstić information content (AvgIpc) is 2.27. The highest BCUT2D eigenvalue weighted by molar-refractivity contribution is 6.30. The van der Waals surface area contributed by atoms with Crippen molar-refractivity contribution in [2.45, 2.75) is 25.9 Å². The van der Waals surface area contributed by atoms with Gasteiger partial charge in [-0.25, -0.2) is 0 Å². The molecule has 1 aromatic carbocycles. The third kappa shape index (κ3) is 4.02. The number of likely N-dealkylation sites (N-methyl/N-ethyl adjacent to an activating group) is 1. The van der Waals surface area contributed by atoms with Crippen molar-refractivity contribution in [1.82, 2.24) is 10.2 Å². The minimum absolute atomic E-state index is 0.0684. The molecule has 1 rings (SSSR count). The van der Waals surface area contributed by atoms with Gasteiger partial charge in [0.25, 0.3) is 0 Å². The Balaban J connectivity index is 2.66. The highest BCUT2D eigenvalue weighted by atomic mass is 35.5. The molecule has 0 bridgehead atoms. The van der Waals surface area contributed by atoms with E-state index in [9.17, 15) is 4.79 Å². The van der Waals surface area contributed by atoms with E-state index in [1.165, 1.54) is 0 Å². The second-order valence-corrected chi connectivity index (χ2v) is 4.83. The van der Waals surface area contributed by atoms with Crippen LogP contribution in [0.25, 0.3) is 0 Å². The third-order valence-electron chi connectivity index (χ3n) is 2.66. The Labute approximate surface area is 108 Å². The molecule has 0 spiro atoms. The van der Waals surface area contributed by atoms with Gasteiger partial charge in [0, 0.05) is 25.2 Å². The number of nitrogens with zero attached hydrogens (tertiary/aromatic N) is 1. The van der Waals surface area contributed by atoms with Crippen LogP contribution in [0, 0.1) is 0 Å². The van der Waals surface area contributed by atoms with E-state index < -0.39 is 0 Å². The molecule has 17 heavy (non-hydrogen) atoms. The SMILES string of the molecule is CC(NC(C)c1cccc(Cl)c1)C(=O)N(C)C. The minimum Gasteiger partial charge on any atom is -0.347 e. The molecule has 0 fully saturated rings. The van der Waals surface area contributed by atoms with Crippen molar-refractivity contribution >= 4 is 17.5 Å². The molecule has 94 valence electrons. The van der Waals surface area contributed by atoms with E-state index >= 15 is 0 Å². The van der Waals surface area contributed by atoms with E-state index in [0.717, 1.165) is 5.56 Å². The number of rotatable bonds is 4. The minimum atomic E-state index is -0.209. The zero-order chi connectivity index (χ0) is 13.0. The summed E-state index contributed by atoms with van der Waals surface area (Å²) in [6, 6.07) is 7.54. The zero-order valence-electron chi connectivity index (χ0n) is 10.7. The van der Waals surface area contributed by atoms with Crippen LogP contribution in [0.3, 0.4) is 0 Å². The van der Waals surface area contributed by atoms with Crippen LogP contribution in [0.5, 0.6) is 0 Å². The normalized spacial score (nSPS) is 14.2. The Bertz CT molecular complexity index is 393.